The molecule has 1 heterocycles. The molecule has 2 aromatic carbocycles. The summed E-state index contributed by atoms with van der Waals surface area (Å²) in [6.07, 6.45) is -0.0315. The van der Waals surface area contributed by atoms with E-state index in [-0.39, 0.29) is 18.6 Å². The summed E-state index contributed by atoms with van der Waals surface area (Å²) < 4.78 is 10.8. The molecule has 7 nitrogen and oxygen atoms in total. The molecule has 0 aromatic heterocycles. The van der Waals surface area contributed by atoms with Crippen molar-refractivity contribution in [1.29, 1.82) is 0 Å². The fraction of sp³-hybridized carbons (Fsp3) is 0.211. The Labute approximate surface area is 160 Å². The first kappa shape index (κ1) is 18.7. The van der Waals surface area contributed by atoms with E-state index in [1.54, 1.807) is 42.5 Å². The maximum Gasteiger partial charge on any atom is 0.269 e. The van der Waals surface area contributed by atoms with Crippen molar-refractivity contribution >= 4 is 29.2 Å². The molecule has 140 valence electrons. The molecular weight excluding hydrogens is 372 g/mol. The molecule has 2 N–H and O–H groups in total. The van der Waals surface area contributed by atoms with Gasteiger partial charge in [0.05, 0.1) is 0 Å². The number of hydrogen-bond acceptors (Lipinski definition) is 5. The van der Waals surface area contributed by atoms with Gasteiger partial charge in [0.25, 0.3) is 5.91 Å². The third-order valence-electron chi connectivity index (χ3n) is 3.87. The van der Waals surface area contributed by atoms with E-state index in [1.165, 1.54) is 0 Å². The van der Waals surface area contributed by atoms with Gasteiger partial charge in [0.2, 0.25) is 5.91 Å². The van der Waals surface area contributed by atoms with Gasteiger partial charge in [-0.2, -0.15) is 0 Å². The molecule has 0 atom stereocenters. The fourth-order valence-electron chi connectivity index (χ4n) is 2.45. The van der Waals surface area contributed by atoms with Crippen LogP contribution in [-0.4, -0.2) is 30.8 Å². The summed E-state index contributed by atoms with van der Waals surface area (Å²) in [5.74, 6) is -0.0936. The number of rotatable bonds is 5. The van der Waals surface area contributed by atoms with Crippen molar-refractivity contribution in [3.63, 3.8) is 0 Å². The summed E-state index contributed by atoms with van der Waals surface area (Å²) >= 11 is 5.77. The monoisotopic (exact) mass is 388 g/mol. The van der Waals surface area contributed by atoms with Gasteiger partial charge < -0.3 is 9.47 Å². The van der Waals surface area contributed by atoms with Gasteiger partial charge in [0, 0.05) is 29.0 Å². The Balaban J connectivity index is 1.46. The van der Waals surface area contributed by atoms with E-state index < -0.39 is 11.8 Å². The Morgan fingerprint density at radius 3 is 2.26 bits per heavy atom. The molecule has 2 amide bonds. The molecule has 0 saturated carbocycles. The van der Waals surface area contributed by atoms with Crippen LogP contribution in [0.1, 0.15) is 33.6 Å². The van der Waals surface area contributed by atoms with Gasteiger partial charge in [-0.1, -0.05) is 11.6 Å². The van der Waals surface area contributed by atoms with Crippen molar-refractivity contribution in [2.24, 2.45) is 0 Å². The second kappa shape index (κ2) is 8.55. The molecular formula is C19H17ClN2O5. The first-order chi connectivity index (χ1) is 13.0. The Hall–Kier alpha value is -3.06. The second-order valence-electron chi connectivity index (χ2n) is 5.79. The average molecular weight is 389 g/mol. The molecule has 2 aromatic rings. The maximum absolute atomic E-state index is 12.1. The van der Waals surface area contributed by atoms with Crippen LogP contribution in [-0.2, 0) is 4.79 Å². The van der Waals surface area contributed by atoms with Gasteiger partial charge in [-0.05, 0) is 42.5 Å². The minimum absolute atomic E-state index is 0.0212. The van der Waals surface area contributed by atoms with Gasteiger partial charge in [0.1, 0.15) is 13.2 Å². The topological polar surface area (TPSA) is 93.7 Å². The summed E-state index contributed by atoms with van der Waals surface area (Å²) in [6.45, 7) is 0.875. The normalized spacial score (nSPS) is 12.2. The van der Waals surface area contributed by atoms with Crippen molar-refractivity contribution in [3.05, 3.63) is 58.6 Å². The van der Waals surface area contributed by atoms with Crippen LogP contribution in [0.15, 0.2) is 42.5 Å². The lowest BCUT2D eigenvalue weighted by molar-refractivity contribution is -0.121. The highest BCUT2D eigenvalue weighted by Gasteiger charge is 2.15. The smallest absolute Gasteiger partial charge is 0.269 e. The van der Waals surface area contributed by atoms with Crippen LogP contribution in [0.2, 0.25) is 5.02 Å². The number of ketones is 1. The average Bonchev–Trinajstić information content (AvgIpc) is 2.70. The molecule has 1 aliphatic heterocycles. The zero-order chi connectivity index (χ0) is 19.2. The highest BCUT2D eigenvalue weighted by molar-refractivity contribution is 6.30. The SMILES string of the molecule is O=C(CCC(=O)c1ccc(Cl)cc1)NNC(=O)c1ccc2c(c1)OCCO2. The van der Waals surface area contributed by atoms with E-state index in [2.05, 4.69) is 10.9 Å². The minimum atomic E-state index is -0.496. The van der Waals surface area contributed by atoms with Crippen molar-refractivity contribution in [1.82, 2.24) is 10.9 Å². The van der Waals surface area contributed by atoms with Crippen LogP contribution >= 0.6 is 11.6 Å². The molecule has 1 aliphatic rings. The first-order valence-electron chi connectivity index (χ1n) is 8.30. The van der Waals surface area contributed by atoms with Crippen molar-refractivity contribution in [2.75, 3.05) is 13.2 Å². The maximum atomic E-state index is 12.1. The van der Waals surface area contributed by atoms with Crippen molar-refractivity contribution < 1.29 is 23.9 Å². The molecule has 0 radical (unpaired) electrons. The third-order valence-corrected chi connectivity index (χ3v) is 4.12. The third kappa shape index (κ3) is 4.98. The molecule has 0 aliphatic carbocycles. The van der Waals surface area contributed by atoms with E-state index in [0.29, 0.717) is 40.9 Å². The molecule has 0 unspecified atom stereocenters. The predicted molar refractivity (Wildman–Crippen MR) is 98.1 cm³/mol. The number of fused-ring (bicyclic) bond motifs is 1. The van der Waals surface area contributed by atoms with Gasteiger partial charge in [0.15, 0.2) is 17.3 Å². The molecule has 0 fully saturated rings. The van der Waals surface area contributed by atoms with E-state index in [9.17, 15) is 14.4 Å². The van der Waals surface area contributed by atoms with Gasteiger partial charge in [-0.3, -0.25) is 25.2 Å². The number of halogens is 1. The van der Waals surface area contributed by atoms with Gasteiger partial charge in [-0.25, -0.2) is 0 Å². The van der Waals surface area contributed by atoms with Gasteiger partial charge in [-0.15, -0.1) is 0 Å². The number of Topliss-reactive ketones (excluding diaryl/α,β-unsaturated/α-hetero) is 1. The minimum Gasteiger partial charge on any atom is -0.486 e. The van der Waals surface area contributed by atoms with Crippen LogP contribution in [0, 0.1) is 0 Å². The fourth-order valence-corrected chi connectivity index (χ4v) is 2.58. The number of carbonyl (C=O) groups is 3. The first-order valence-corrected chi connectivity index (χ1v) is 8.68. The molecule has 3 rings (SSSR count). The molecule has 0 saturated heterocycles. The lowest BCUT2D eigenvalue weighted by atomic mass is 10.1. The summed E-state index contributed by atoms with van der Waals surface area (Å²) in [4.78, 5) is 36.0. The number of amides is 2. The summed E-state index contributed by atoms with van der Waals surface area (Å²) in [5, 5.41) is 0.533. The largest absolute Gasteiger partial charge is 0.486 e. The van der Waals surface area contributed by atoms with E-state index >= 15 is 0 Å². The lowest BCUT2D eigenvalue weighted by Crippen LogP contribution is -2.41. The Morgan fingerprint density at radius 2 is 1.52 bits per heavy atom. The predicted octanol–water partition coefficient (Wildman–Crippen LogP) is 2.54. The summed E-state index contributed by atoms with van der Waals surface area (Å²) in [5.41, 5.74) is 5.40. The van der Waals surface area contributed by atoms with Crippen LogP contribution in [0.4, 0.5) is 0 Å². The molecule has 0 spiro atoms. The van der Waals surface area contributed by atoms with E-state index in [4.69, 9.17) is 21.1 Å². The highest BCUT2D eigenvalue weighted by atomic mass is 35.5. The molecule has 0 bridgehead atoms. The molecule has 27 heavy (non-hydrogen) atoms. The molecule has 8 heteroatoms. The quantitative estimate of drug-likeness (QED) is 0.606. The second-order valence-corrected chi connectivity index (χ2v) is 6.23. The Morgan fingerprint density at radius 1 is 0.852 bits per heavy atom. The van der Waals surface area contributed by atoms with Gasteiger partial charge >= 0.3 is 0 Å². The van der Waals surface area contributed by atoms with E-state index in [1.807, 2.05) is 0 Å². The van der Waals surface area contributed by atoms with E-state index in [0.717, 1.165) is 0 Å². The van der Waals surface area contributed by atoms with Crippen molar-refractivity contribution in [3.8, 4) is 11.5 Å². The number of hydrazine groups is 1. The standard InChI is InChI=1S/C19H17ClN2O5/c20-14-4-1-12(2-5-14)15(23)6-8-18(24)21-22-19(25)13-3-7-16-17(11-13)27-10-9-26-16/h1-5,7,11H,6,8-10H2,(H,21,24)(H,22,25). The Bertz CT molecular complexity index is 867. The number of benzene rings is 2. The zero-order valence-corrected chi connectivity index (χ0v) is 15.0. The highest BCUT2D eigenvalue weighted by Crippen LogP contribution is 2.30. The van der Waals surface area contributed by atoms with Crippen molar-refractivity contribution in [2.45, 2.75) is 12.8 Å². The lowest BCUT2D eigenvalue weighted by Gasteiger charge is -2.18. The number of ether oxygens (including phenoxy) is 2. The van der Waals surface area contributed by atoms with Crippen LogP contribution in [0.5, 0.6) is 11.5 Å². The summed E-state index contributed by atoms with van der Waals surface area (Å²) in [7, 11) is 0. The Kier molecular flexibility index (Phi) is 5.93. The number of carbonyl (C=O) groups excluding carboxylic acids is 3. The summed E-state index contributed by atoms with van der Waals surface area (Å²) in [6, 6.07) is 11.2. The van der Waals surface area contributed by atoms with Crippen LogP contribution in [0.25, 0.3) is 0 Å². The van der Waals surface area contributed by atoms with Crippen LogP contribution in [0.3, 0.4) is 0 Å². The number of nitrogens with one attached hydrogen (secondary N) is 2. The van der Waals surface area contributed by atoms with Crippen LogP contribution < -0.4 is 20.3 Å². The number of hydrogen-bond donors (Lipinski definition) is 2. The zero-order valence-electron chi connectivity index (χ0n) is 14.3.